The molecule has 1 aliphatic heterocycles. The van der Waals surface area contributed by atoms with Crippen molar-refractivity contribution in [3.05, 3.63) is 53.8 Å². The minimum absolute atomic E-state index is 0.0705. The predicted molar refractivity (Wildman–Crippen MR) is 73.1 cm³/mol. The number of hydrogen-bond donors (Lipinski definition) is 2. The van der Waals surface area contributed by atoms with Crippen molar-refractivity contribution < 1.29 is 4.42 Å². The largest absolute Gasteiger partial charge is 0.459 e. The number of fused-ring (bicyclic) bond motifs is 2. The van der Waals surface area contributed by atoms with Gasteiger partial charge in [0.15, 0.2) is 0 Å². The molecule has 4 nitrogen and oxygen atoms in total. The van der Waals surface area contributed by atoms with E-state index in [0.717, 1.165) is 34.7 Å². The third-order valence-corrected chi connectivity index (χ3v) is 3.81. The third-order valence-electron chi connectivity index (χ3n) is 3.81. The molecule has 0 saturated heterocycles. The minimum Gasteiger partial charge on any atom is -0.459 e. The minimum atomic E-state index is 0.0705. The lowest BCUT2D eigenvalue weighted by atomic mass is 9.96. The Kier molecular flexibility index (Phi) is 2.26. The molecule has 1 aliphatic rings. The van der Waals surface area contributed by atoms with Crippen molar-refractivity contribution in [1.82, 2.24) is 15.3 Å². The molecule has 0 radical (unpaired) electrons. The molecule has 19 heavy (non-hydrogen) atoms. The van der Waals surface area contributed by atoms with E-state index in [1.807, 2.05) is 18.2 Å². The first-order valence-corrected chi connectivity index (χ1v) is 6.58. The summed E-state index contributed by atoms with van der Waals surface area (Å²) in [6, 6.07) is 10.3. The summed E-state index contributed by atoms with van der Waals surface area (Å²) in [5.74, 6) is 1.38. The van der Waals surface area contributed by atoms with E-state index in [1.54, 1.807) is 6.33 Å². The summed E-state index contributed by atoms with van der Waals surface area (Å²) < 4.78 is 5.96. The number of imidazole rings is 1. The molecule has 0 amide bonds. The molecule has 3 heterocycles. The highest BCUT2D eigenvalue weighted by Gasteiger charge is 2.29. The Bertz CT molecular complexity index is 695. The second-order valence-corrected chi connectivity index (χ2v) is 5.13. The van der Waals surface area contributed by atoms with Gasteiger partial charge in [-0.15, -0.1) is 0 Å². The van der Waals surface area contributed by atoms with Crippen LogP contribution in [0.1, 0.15) is 36.0 Å². The SMILES string of the molecule is C[C@@H]1CN[C@@H](c2cc3ccccc3o2)c2[nH]cnc21. The zero-order chi connectivity index (χ0) is 12.8. The van der Waals surface area contributed by atoms with Crippen molar-refractivity contribution in [1.29, 1.82) is 0 Å². The molecule has 2 N–H and O–H groups in total. The van der Waals surface area contributed by atoms with E-state index in [0.29, 0.717) is 5.92 Å². The molecule has 0 saturated carbocycles. The summed E-state index contributed by atoms with van der Waals surface area (Å²) >= 11 is 0. The average molecular weight is 253 g/mol. The zero-order valence-electron chi connectivity index (χ0n) is 10.7. The number of para-hydroxylation sites is 1. The van der Waals surface area contributed by atoms with E-state index in [-0.39, 0.29) is 6.04 Å². The molecule has 0 spiro atoms. The Balaban J connectivity index is 1.83. The Labute approximate surface area is 110 Å². The maximum Gasteiger partial charge on any atom is 0.134 e. The summed E-state index contributed by atoms with van der Waals surface area (Å²) in [4.78, 5) is 7.68. The topological polar surface area (TPSA) is 53.9 Å². The monoisotopic (exact) mass is 253 g/mol. The van der Waals surface area contributed by atoms with Gasteiger partial charge in [-0.25, -0.2) is 4.98 Å². The summed E-state index contributed by atoms with van der Waals surface area (Å²) in [6.45, 7) is 3.10. The fourth-order valence-electron chi connectivity index (χ4n) is 2.82. The van der Waals surface area contributed by atoms with Gasteiger partial charge in [-0.2, -0.15) is 0 Å². The van der Waals surface area contributed by atoms with Gasteiger partial charge in [0.05, 0.1) is 17.7 Å². The van der Waals surface area contributed by atoms with Crippen LogP contribution in [0, 0.1) is 0 Å². The summed E-state index contributed by atoms with van der Waals surface area (Å²) in [7, 11) is 0. The molecule has 3 aromatic rings. The van der Waals surface area contributed by atoms with Gasteiger partial charge in [-0.3, -0.25) is 0 Å². The van der Waals surface area contributed by atoms with Crippen LogP contribution in [-0.4, -0.2) is 16.5 Å². The van der Waals surface area contributed by atoms with Crippen molar-refractivity contribution in [2.75, 3.05) is 6.54 Å². The number of aromatic amines is 1. The van der Waals surface area contributed by atoms with Crippen molar-refractivity contribution in [3.63, 3.8) is 0 Å². The van der Waals surface area contributed by atoms with E-state index in [9.17, 15) is 0 Å². The summed E-state index contributed by atoms with van der Waals surface area (Å²) in [5, 5.41) is 4.66. The molecule has 0 aliphatic carbocycles. The number of nitrogens with one attached hydrogen (secondary N) is 2. The van der Waals surface area contributed by atoms with Crippen molar-refractivity contribution in [3.8, 4) is 0 Å². The highest BCUT2D eigenvalue weighted by atomic mass is 16.3. The van der Waals surface area contributed by atoms with Gasteiger partial charge in [0.25, 0.3) is 0 Å². The van der Waals surface area contributed by atoms with E-state index >= 15 is 0 Å². The van der Waals surface area contributed by atoms with Crippen molar-refractivity contribution in [2.24, 2.45) is 0 Å². The summed E-state index contributed by atoms with van der Waals surface area (Å²) in [5.41, 5.74) is 3.20. The maximum atomic E-state index is 5.96. The van der Waals surface area contributed by atoms with Crippen LogP contribution < -0.4 is 5.32 Å². The fraction of sp³-hybridized carbons (Fsp3) is 0.267. The van der Waals surface area contributed by atoms with E-state index in [1.165, 1.54) is 0 Å². The number of aromatic nitrogens is 2. The van der Waals surface area contributed by atoms with Crippen LogP contribution in [-0.2, 0) is 0 Å². The Morgan fingerprint density at radius 3 is 3.11 bits per heavy atom. The van der Waals surface area contributed by atoms with Gasteiger partial charge in [0.1, 0.15) is 17.4 Å². The second kappa shape index (κ2) is 3.96. The van der Waals surface area contributed by atoms with Crippen molar-refractivity contribution >= 4 is 11.0 Å². The highest BCUT2D eigenvalue weighted by molar-refractivity contribution is 5.78. The number of benzene rings is 1. The van der Waals surface area contributed by atoms with Gasteiger partial charge >= 0.3 is 0 Å². The first-order chi connectivity index (χ1) is 9.33. The second-order valence-electron chi connectivity index (χ2n) is 5.13. The van der Waals surface area contributed by atoms with Crippen LogP contribution in [0.2, 0.25) is 0 Å². The molecular weight excluding hydrogens is 238 g/mol. The van der Waals surface area contributed by atoms with Crippen LogP contribution in [0.5, 0.6) is 0 Å². The molecule has 2 atom stereocenters. The summed E-state index contributed by atoms with van der Waals surface area (Å²) in [6.07, 6.45) is 1.77. The lowest BCUT2D eigenvalue weighted by Gasteiger charge is -2.25. The molecule has 96 valence electrons. The van der Waals surface area contributed by atoms with Crippen LogP contribution in [0.15, 0.2) is 41.1 Å². The van der Waals surface area contributed by atoms with Gasteiger partial charge in [0, 0.05) is 17.8 Å². The molecule has 0 bridgehead atoms. The standard InChI is InChI=1S/C15H15N3O/c1-9-7-16-14(15-13(9)17-8-18-15)12-6-10-4-2-3-5-11(10)19-12/h2-6,8-9,14,16H,7H2,1H3,(H,17,18)/t9-,14+/m1/s1. The normalized spacial score (nSPS) is 22.6. The van der Waals surface area contributed by atoms with E-state index < -0.39 is 0 Å². The van der Waals surface area contributed by atoms with Crippen LogP contribution in [0.3, 0.4) is 0 Å². The average Bonchev–Trinajstić information content (AvgIpc) is 3.05. The molecule has 4 heteroatoms. The molecule has 4 rings (SSSR count). The molecule has 2 aromatic heterocycles. The third kappa shape index (κ3) is 1.60. The van der Waals surface area contributed by atoms with E-state index in [4.69, 9.17) is 4.42 Å². The van der Waals surface area contributed by atoms with E-state index in [2.05, 4.69) is 34.3 Å². The lowest BCUT2D eigenvalue weighted by Crippen LogP contribution is -2.32. The lowest BCUT2D eigenvalue weighted by molar-refractivity contribution is 0.429. The number of H-pyrrole nitrogens is 1. The van der Waals surface area contributed by atoms with Crippen molar-refractivity contribution in [2.45, 2.75) is 18.9 Å². The number of furan rings is 1. The van der Waals surface area contributed by atoms with Gasteiger partial charge in [0.2, 0.25) is 0 Å². The van der Waals surface area contributed by atoms with Crippen LogP contribution in [0.4, 0.5) is 0 Å². The molecule has 1 aromatic carbocycles. The number of hydrogen-bond acceptors (Lipinski definition) is 3. The fourth-order valence-corrected chi connectivity index (χ4v) is 2.82. The van der Waals surface area contributed by atoms with Crippen LogP contribution in [0.25, 0.3) is 11.0 Å². The van der Waals surface area contributed by atoms with Crippen LogP contribution >= 0.6 is 0 Å². The van der Waals surface area contributed by atoms with Gasteiger partial charge < -0.3 is 14.7 Å². The number of rotatable bonds is 1. The Morgan fingerprint density at radius 2 is 2.21 bits per heavy atom. The predicted octanol–water partition coefficient (Wildman–Crippen LogP) is 2.95. The molecule has 0 unspecified atom stereocenters. The van der Waals surface area contributed by atoms with Gasteiger partial charge in [-0.05, 0) is 12.1 Å². The zero-order valence-corrected chi connectivity index (χ0v) is 10.7. The quantitative estimate of drug-likeness (QED) is 0.701. The molecule has 0 fully saturated rings. The first kappa shape index (κ1) is 10.8. The smallest absolute Gasteiger partial charge is 0.134 e. The Morgan fingerprint density at radius 1 is 1.32 bits per heavy atom. The maximum absolute atomic E-state index is 5.96. The Hall–Kier alpha value is -2.07. The number of nitrogens with zero attached hydrogens (tertiary/aromatic N) is 1. The first-order valence-electron chi connectivity index (χ1n) is 6.58. The highest BCUT2D eigenvalue weighted by Crippen LogP contribution is 2.33. The molecular formula is C15H15N3O. The van der Waals surface area contributed by atoms with Gasteiger partial charge in [-0.1, -0.05) is 25.1 Å².